The maximum absolute atomic E-state index is 13.3. The Morgan fingerprint density at radius 2 is 1.94 bits per heavy atom. The summed E-state index contributed by atoms with van der Waals surface area (Å²) in [5.41, 5.74) is 4.14. The summed E-state index contributed by atoms with van der Waals surface area (Å²) >= 11 is 0. The molecule has 168 valence electrons. The van der Waals surface area contributed by atoms with Crippen LogP contribution in [0.4, 0.5) is 10.5 Å². The minimum absolute atomic E-state index is 0.0302. The van der Waals surface area contributed by atoms with Gasteiger partial charge in [-0.15, -0.1) is 0 Å². The summed E-state index contributed by atoms with van der Waals surface area (Å²) in [6.45, 7) is 3.28. The van der Waals surface area contributed by atoms with Crippen molar-refractivity contribution in [3.8, 4) is 0 Å². The van der Waals surface area contributed by atoms with E-state index < -0.39 is 0 Å². The van der Waals surface area contributed by atoms with Gasteiger partial charge in [0.1, 0.15) is 17.1 Å². The van der Waals surface area contributed by atoms with Crippen LogP contribution >= 0.6 is 0 Å². The molecule has 1 aliphatic rings. The van der Waals surface area contributed by atoms with Crippen molar-refractivity contribution in [1.82, 2.24) is 9.80 Å². The Morgan fingerprint density at radius 1 is 1.09 bits per heavy atom. The maximum Gasteiger partial charge on any atom is 0.322 e. The first-order valence-corrected chi connectivity index (χ1v) is 10.9. The molecule has 0 unspecified atom stereocenters. The Bertz CT molecular complexity index is 1320. The molecule has 7 heteroatoms. The summed E-state index contributed by atoms with van der Waals surface area (Å²) in [7, 11) is 1.79. The Kier molecular flexibility index (Phi) is 5.38. The molecule has 3 heterocycles. The van der Waals surface area contributed by atoms with E-state index in [0.717, 1.165) is 28.5 Å². The van der Waals surface area contributed by atoms with E-state index in [1.807, 2.05) is 43.3 Å². The van der Waals surface area contributed by atoms with Crippen LogP contribution in [0.2, 0.25) is 0 Å². The molecule has 2 aromatic heterocycles. The highest BCUT2D eigenvalue weighted by Gasteiger charge is 2.23. The van der Waals surface area contributed by atoms with E-state index in [4.69, 9.17) is 8.83 Å². The zero-order chi connectivity index (χ0) is 22.9. The molecule has 33 heavy (non-hydrogen) atoms. The van der Waals surface area contributed by atoms with Crippen LogP contribution in [-0.4, -0.2) is 35.3 Å². The number of aryl methyl sites for hydroxylation is 1. The van der Waals surface area contributed by atoms with Gasteiger partial charge in [-0.1, -0.05) is 17.7 Å². The first-order chi connectivity index (χ1) is 16.0. The molecule has 4 aromatic rings. The van der Waals surface area contributed by atoms with E-state index in [1.165, 1.54) is 0 Å². The van der Waals surface area contributed by atoms with Crippen LogP contribution in [0.25, 0.3) is 11.0 Å². The van der Waals surface area contributed by atoms with E-state index in [9.17, 15) is 9.59 Å². The highest BCUT2D eigenvalue weighted by molar-refractivity contribution is 5.99. The number of nitrogens with one attached hydrogen (secondary N) is 1. The third-order valence-corrected chi connectivity index (χ3v) is 5.94. The highest BCUT2D eigenvalue weighted by Crippen LogP contribution is 2.25. The van der Waals surface area contributed by atoms with Gasteiger partial charge in [0.15, 0.2) is 0 Å². The Balaban J connectivity index is 1.39. The van der Waals surface area contributed by atoms with Gasteiger partial charge in [-0.3, -0.25) is 4.79 Å². The number of hydrogen-bond donors (Lipinski definition) is 1. The van der Waals surface area contributed by atoms with E-state index >= 15 is 0 Å². The predicted molar refractivity (Wildman–Crippen MR) is 125 cm³/mol. The van der Waals surface area contributed by atoms with Gasteiger partial charge in [-0.05, 0) is 61.4 Å². The van der Waals surface area contributed by atoms with Crippen LogP contribution in [0.5, 0.6) is 0 Å². The SMILES string of the molecule is Cc1ccc2oc(CN(Cc3ccco3)C(=O)Nc3ccc4c(c3)C(=O)N(C)CC4)cc2c1. The van der Waals surface area contributed by atoms with Crippen molar-refractivity contribution in [3.63, 3.8) is 0 Å². The van der Waals surface area contributed by atoms with Gasteiger partial charge in [0.2, 0.25) is 0 Å². The molecule has 5 rings (SSSR count). The minimum Gasteiger partial charge on any atom is -0.467 e. The van der Waals surface area contributed by atoms with Gasteiger partial charge in [0.05, 0.1) is 19.4 Å². The summed E-state index contributed by atoms with van der Waals surface area (Å²) in [6.07, 6.45) is 2.39. The largest absolute Gasteiger partial charge is 0.467 e. The first kappa shape index (κ1) is 20.9. The quantitative estimate of drug-likeness (QED) is 0.460. The molecular weight excluding hydrogens is 418 g/mol. The van der Waals surface area contributed by atoms with Crippen LogP contribution in [0.15, 0.2) is 69.7 Å². The fourth-order valence-electron chi connectivity index (χ4n) is 4.14. The number of urea groups is 1. The second-order valence-corrected chi connectivity index (χ2v) is 8.47. The lowest BCUT2D eigenvalue weighted by molar-refractivity contribution is 0.0781. The number of hydrogen-bond acceptors (Lipinski definition) is 4. The molecule has 0 saturated heterocycles. The fraction of sp³-hybridized carbons (Fsp3) is 0.231. The van der Waals surface area contributed by atoms with Crippen molar-refractivity contribution in [2.75, 3.05) is 18.9 Å². The third kappa shape index (κ3) is 4.35. The summed E-state index contributed by atoms with van der Waals surface area (Å²) in [6, 6.07) is 16.8. The predicted octanol–water partition coefficient (Wildman–Crippen LogP) is 5.20. The molecule has 1 aliphatic heterocycles. The molecule has 7 nitrogen and oxygen atoms in total. The van der Waals surface area contributed by atoms with Gasteiger partial charge in [-0.2, -0.15) is 0 Å². The topological polar surface area (TPSA) is 78.9 Å². The van der Waals surface area contributed by atoms with E-state index in [-0.39, 0.29) is 25.0 Å². The number of amides is 3. The Labute approximate surface area is 191 Å². The van der Waals surface area contributed by atoms with Crippen molar-refractivity contribution >= 4 is 28.6 Å². The third-order valence-electron chi connectivity index (χ3n) is 5.94. The molecule has 0 fully saturated rings. The molecule has 0 spiro atoms. The maximum atomic E-state index is 13.3. The van der Waals surface area contributed by atoms with Crippen LogP contribution in [0.1, 0.15) is 33.0 Å². The van der Waals surface area contributed by atoms with Gasteiger partial charge in [0.25, 0.3) is 5.91 Å². The number of benzene rings is 2. The summed E-state index contributed by atoms with van der Waals surface area (Å²) in [4.78, 5) is 29.1. The number of fused-ring (bicyclic) bond motifs is 2. The lowest BCUT2D eigenvalue weighted by atomic mass is 9.99. The van der Waals surface area contributed by atoms with E-state index in [0.29, 0.717) is 29.3 Å². The summed E-state index contributed by atoms with van der Waals surface area (Å²) in [5.74, 6) is 1.32. The molecule has 0 atom stereocenters. The van der Waals surface area contributed by atoms with Crippen molar-refractivity contribution in [2.24, 2.45) is 0 Å². The Morgan fingerprint density at radius 3 is 2.76 bits per heavy atom. The number of rotatable bonds is 5. The smallest absolute Gasteiger partial charge is 0.322 e. The zero-order valence-electron chi connectivity index (χ0n) is 18.6. The van der Waals surface area contributed by atoms with Crippen LogP contribution in [0, 0.1) is 6.92 Å². The average Bonchev–Trinajstić information content (AvgIpc) is 3.45. The molecular formula is C26H25N3O4. The standard InChI is InChI=1S/C26H25N3O4/c1-17-5-8-24-19(12-17)13-22(33-24)16-29(15-21-4-3-11-32-21)26(31)27-20-7-6-18-9-10-28(2)25(30)23(18)14-20/h3-8,11-14H,9-10,15-16H2,1-2H3,(H,27,31). The van der Waals surface area contributed by atoms with E-state index in [1.54, 1.807) is 35.2 Å². The molecule has 0 aliphatic carbocycles. The number of carbonyl (C=O) groups excluding carboxylic acids is 2. The van der Waals surface area contributed by atoms with Crippen molar-refractivity contribution in [3.05, 3.63) is 89.1 Å². The van der Waals surface area contributed by atoms with Crippen molar-refractivity contribution in [1.29, 1.82) is 0 Å². The van der Waals surface area contributed by atoms with E-state index in [2.05, 4.69) is 11.4 Å². The normalized spacial score (nSPS) is 13.3. The highest BCUT2D eigenvalue weighted by atomic mass is 16.3. The summed E-state index contributed by atoms with van der Waals surface area (Å²) < 4.78 is 11.4. The van der Waals surface area contributed by atoms with Crippen LogP contribution < -0.4 is 5.32 Å². The number of furan rings is 2. The van der Waals surface area contributed by atoms with Gasteiger partial charge in [-0.25, -0.2) is 4.79 Å². The number of nitrogens with zero attached hydrogens (tertiary/aromatic N) is 2. The fourth-order valence-corrected chi connectivity index (χ4v) is 4.14. The first-order valence-electron chi connectivity index (χ1n) is 10.9. The molecule has 3 amide bonds. The number of carbonyl (C=O) groups is 2. The summed E-state index contributed by atoms with van der Waals surface area (Å²) in [5, 5.41) is 3.94. The number of likely N-dealkylation sites (N-methyl/N-ethyl adjacent to an activating group) is 1. The van der Waals surface area contributed by atoms with Gasteiger partial charge < -0.3 is 24.0 Å². The van der Waals surface area contributed by atoms with Gasteiger partial charge in [0, 0.05) is 30.2 Å². The molecule has 0 bridgehead atoms. The Hall–Kier alpha value is -4.00. The average molecular weight is 444 g/mol. The molecule has 0 saturated carbocycles. The number of anilines is 1. The van der Waals surface area contributed by atoms with Crippen molar-refractivity contribution in [2.45, 2.75) is 26.4 Å². The minimum atomic E-state index is -0.306. The molecule has 1 N–H and O–H groups in total. The lowest BCUT2D eigenvalue weighted by Crippen LogP contribution is -2.35. The second-order valence-electron chi connectivity index (χ2n) is 8.47. The van der Waals surface area contributed by atoms with Gasteiger partial charge >= 0.3 is 6.03 Å². The zero-order valence-corrected chi connectivity index (χ0v) is 18.6. The molecule has 2 aromatic carbocycles. The van der Waals surface area contributed by atoms with Crippen LogP contribution in [-0.2, 0) is 19.5 Å². The lowest BCUT2D eigenvalue weighted by Gasteiger charge is -2.26. The van der Waals surface area contributed by atoms with Crippen LogP contribution in [0.3, 0.4) is 0 Å². The van der Waals surface area contributed by atoms with Crippen molar-refractivity contribution < 1.29 is 18.4 Å². The second kappa shape index (κ2) is 8.50. The monoisotopic (exact) mass is 443 g/mol. The molecule has 0 radical (unpaired) electrons.